The van der Waals surface area contributed by atoms with Crippen LogP contribution in [0.1, 0.15) is 32.1 Å². The van der Waals surface area contributed by atoms with Crippen LogP contribution in [0.15, 0.2) is 6.20 Å². The smallest absolute Gasteiger partial charge is 0.329 e. The maximum atomic E-state index is 10.8. The fourth-order valence-electron chi connectivity index (χ4n) is 3.71. The number of rotatable bonds is 5. The Kier molecular flexibility index (Phi) is 5.40. The predicted octanol–water partition coefficient (Wildman–Crippen LogP) is 2.13. The summed E-state index contributed by atoms with van der Waals surface area (Å²) in [4.78, 5) is 21.0. The molecule has 2 aliphatic rings. The number of hydrogen-bond donors (Lipinski definition) is 2. The summed E-state index contributed by atoms with van der Waals surface area (Å²) >= 11 is 2.01. The molecule has 1 aromatic heterocycles. The highest BCUT2D eigenvalue weighted by Gasteiger charge is 2.38. The van der Waals surface area contributed by atoms with Crippen molar-refractivity contribution in [2.45, 2.75) is 37.6 Å². The van der Waals surface area contributed by atoms with Crippen LogP contribution < -0.4 is 11.1 Å². The van der Waals surface area contributed by atoms with Gasteiger partial charge in [-0.25, -0.2) is 4.98 Å². The second kappa shape index (κ2) is 7.52. The van der Waals surface area contributed by atoms with Crippen molar-refractivity contribution in [3.63, 3.8) is 0 Å². The Bertz CT molecular complexity index is 587. The summed E-state index contributed by atoms with van der Waals surface area (Å²) in [5.41, 5.74) is 5.55. The van der Waals surface area contributed by atoms with Crippen molar-refractivity contribution in [3.8, 4) is 0 Å². The molecular weight excluding hydrogens is 328 g/mol. The molecule has 1 saturated heterocycles. The maximum Gasteiger partial charge on any atom is 0.329 e. The Morgan fingerprint density at radius 2 is 2.04 bits per heavy atom. The van der Waals surface area contributed by atoms with Gasteiger partial charge in [0.1, 0.15) is 6.20 Å². The molecule has 2 heterocycles. The highest BCUT2D eigenvalue weighted by Crippen LogP contribution is 2.35. The number of thioether (sulfide) groups is 1. The third kappa shape index (κ3) is 3.72. The third-order valence-corrected chi connectivity index (χ3v) is 5.98. The Morgan fingerprint density at radius 1 is 1.33 bits per heavy atom. The summed E-state index contributed by atoms with van der Waals surface area (Å²) < 4.78 is 0. The van der Waals surface area contributed by atoms with Crippen molar-refractivity contribution < 1.29 is 4.92 Å². The van der Waals surface area contributed by atoms with Gasteiger partial charge in [-0.2, -0.15) is 16.7 Å². The molecule has 1 aliphatic heterocycles. The van der Waals surface area contributed by atoms with E-state index < -0.39 is 4.92 Å². The second-order valence-electron chi connectivity index (χ2n) is 6.46. The summed E-state index contributed by atoms with van der Waals surface area (Å²) in [6, 6.07) is 0. The van der Waals surface area contributed by atoms with Crippen LogP contribution >= 0.6 is 11.8 Å². The highest BCUT2D eigenvalue weighted by atomic mass is 32.2. The molecule has 24 heavy (non-hydrogen) atoms. The number of nitrogens with two attached hydrogens (primary N) is 1. The molecule has 3 N–H and O–H groups in total. The van der Waals surface area contributed by atoms with Gasteiger partial charge in [-0.05, 0) is 12.8 Å². The molecule has 8 nitrogen and oxygen atoms in total. The Labute approximate surface area is 145 Å². The van der Waals surface area contributed by atoms with E-state index in [-0.39, 0.29) is 17.0 Å². The molecule has 1 aliphatic carbocycles. The zero-order valence-electron chi connectivity index (χ0n) is 13.7. The number of nitrogen functional groups attached to an aromatic ring is 1. The molecule has 1 aromatic rings. The van der Waals surface area contributed by atoms with Crippen LogP contribution in [0.5, 0.6) is 0 Å². The van der Waals surface area contributed by atoms with E-state index in [1.807, 2.05) is 11.8 Å². The van der Waals surface area contributed by atoms with Crippen LogP contribution in [0.25, 0.3) is 0 Å². The van der Waals surface area contributed by atoms with Gasteiger partial charge in [0.2, 0.25) is 11.8 Å². The Balaban J connectivity index is 1.71. The molecule has 132 valence electrons. The number of anilines is 2. The highest BCUT2D eigenvalue weighted by molar-refractivity contribution is 7.99. The van der Waals surface area contributed by atoms with Gasteiger partial charge in [-0.1, -0.05) is 19.3 Å². The van der Waals surface area contributed by atoms with E-state index in [0.29, 0.717) is 5.95 Å². The second-order valence-corrected chi connectivity index (χ2v) is 7.68. The zero-order chi connectivity index (χ0) is 17.0. The summed E-state index contributed by atoms with van der Waals surface area (Å²) in [5, 5.41) is 14.1. The van der Waals surface area contributed by atoms with E-state index in [2.05, 4.69) is 20.2 Å². The molecule has 1 saturated carbocycles. The van der Waals surface area contributed by atoms with Gasteiger partial charge in [0.15, 0.2) is 0 Å². The van der Waals surface area contributed by atoms with Crippen LogP contribution in [0, 0.1) is 10.1 Å². The van der Waals surface area contributed by atoms with Crippen LogP contribution in [0.2, 0.25) is 0 Å². The molecule has 0 amide bonds. The number of aromatic nitrogens is 2. The molecule has 0 spiro atoms. The first kappa shape index (κ1) is 17.2. The van der Waals surface area contributed by atoms with E-state index in [4.69, 9.17) is 5.73 Å². The largest absolute Gasteiger partial charge is 0.378 e. The molecule has 0 atom stereocenters. The van der Waals surface area contributed by atoms with Crippen molar-refractivity contribution in [1.29, 1.82) is 0 Å². The minimum absolute atomic E-state index is 0.0930. The van der Waals surface area contributed by atoms with Crippen LogP contribution in [0.3, 0.4) is 0 Å². The zero-order valence-corrected chi connectivity index (χ0v) is 14.6. The Hall–Kier alpha value is -1.61. The summed E-state index contributed by atoms with van der Waals surface area (Å²) in [6.45, 7) is 3.00. The minimum atomic E-state index is -0.562. The lowest BCUT2D eigenvalue weighted by molar-refractivity contribution is -0.384. The third-order valence-electron chi connectivity index (χ3n) is 5.04. The molecule has 0 radical (unpaired) electrons. The fraction of sp³-hybridized carbons (Fsp3) is 0.733. The van der Waals surface area contributed by atoms with Crippen molar-refractivity contribution >= 4 is 29.2 Å². The van der Waals surface area contributed by atoms with Crippen molar-refractivity contribution in [3.05, 3.63) is 16.3 Å². The lowest BCUT2D eigenvalue weighted by Crippen LogP contribution is -2.57. The molecule has 0 unspecified atom stereocenters. The van der Waals surface area contributed by atoms with E-state index in [1.54, 1.807) is 0 Å². The molecule has 0 bridgehead atoms. The first-order valence-corrected chi connectivity index (χ1v) is 9.60. The van der Waals surface area contributed by atoms with E-state index in [0.717, 1.165) is 19.6 Å². The lowest BCUT2D eigenvalue weighted by atomic mass is 9.80. The molecule has 2 fully saturated rings. The maximum absolute atomic E-state index is 10.8. The van der Waals surface area contributed by atoms with Crippen molar-refractivity contribution in [1.82, 2.24) is 14.9 Å². The molecule has 3 rings (SSSR count). The predicted molar refractivity (Wildman–Crippen MR) is 96.3 cm³/mol. The SMILES string of the molecule is Nc1nc(NCC2(N3CCSCC3)CCCCC2)ncc1[N+](=O)[O-]. The van der Waals surface area contributed by atoms with E-state index in [1.165, 1.54) is 49.8 Å². The fourth-order valence-corrected chi connectivity index (χ4v) is 4.61. The van der Waals surface area contributed by atoms with Gasteiger partial charge in [0.05, 0.1) is 4.92 Å². The first-order valence-electron chi connectivity index (χ1n) is 8.44. The number of nitro groups is 1. The number of nitrogens with zero attached hydrogens (tertiary/aromatic N) is 4. The molecule has 0 aromatic carbocycles. The summed E-state index contributed by atoms with van der Waals surface area (Å²) in [6.07, 6.45) is 7.31. The van der Waals surface area contributed by atoms with Crippen molar-refractivity contribution in [2.75, 3.05) is 42.2 Å². The topological polar surface area (TPSA) is 110 Å². The number of hydrogen-bond acceptors (Lipinski definition) is 8. The Morgan fingerprint density at radius 3 is 2.67 bits per heavy atom. The van der Waals surface area contributed by atoms with Gasteiger partial charge in [0.25, 0.3) is 0 Å². The van der Waals surface area contributed by atoms with Gasteiger partial charge >= 0.3 is 5.69 Å². The van der Waals surface area contributed by atoms with Crippen LogP contribution in [-0.4, -0.2) is 56.5 Å². The van der Waals surface area contributed by atoms with Crippen LogP contribution in [-0.2, 0) is 0 Å². The normalized spacial score (nSPS) is 21.3. The minimum Gasteiger partial charge on any atom is -0.378 e. The summed E-state index contributed by atoms with van der Waals surface area (Å²) in [7, 11) is 0. The van der Waals surface area contributed by atoms with Gasteiger partial charge < -0.3 is 11.1 Å². The van der Waals surface area contributed by atoms with Crippen LogP contribution in [0.4, 0.5) is 17.5 Å². The standard InChI is InChI=1S/C15H24N6O2S/c16-13-12(21(22)23)10-17-14(19-13)18-11-15(4-2-1-3-5-15)20-6-8-24-9-7-20/h10H,1-9,11H2,(H3,16,17,18,19). The lowest BCUT2D eigenvalue weighted by Gasteiger charge is -2.48. The monoisotopic (exact) mass is 352 g/mol. The van der Waals surface area contributed by atoms with Gasteiger partial charge in [0, 0.05) is 36.7 Å². The average Bonchev–Trinajstić information content (AvgIpc) is 2.61. The van der Waals surface area contributed by atoms with Gasteiger partial charge in [-0.3, -0.25) is 15.0 Å². The quantitative estimate of drug-likeness (QED) is 0.612. The van der Waals surface area contributed by atoms with Crippen molar-refractivity contribution in [2.24, 2.45) is 0 Å². The number of nitrogens with one attached hydrogen (secondary N) is 1. The van der Waals surface area contributed by atoms with E-state index >= 15 is 0 Å². The average molecular weight is 352 g/mol. The molecular formula is C15H24N6O2S. The molecule has 9 heteroatoms. The first-order chi connectivity index (χ1) is 11.6. The van der Waals surface area contributed by atoms with Gasteiger partial charge in [-0.15, -0.1) is 0 Å². The van der Waals surface area contributed by atoms with E-state index in [9.17, 15) is 10.1 Å². The summed E-state index contributed by atoms with van der Waals surface area (Å²) in [5.74, 6) is 2.64.